The van der Waals surface area contributed by atoms with Crippen LogP contribution in [0.2, 0.25) is 0 Å². The van der Waals surface area contributed by atoms with Crippen molar-refractivity contribution in [3.05, 3.63) is 12.7 Å². The minimum Gasteiger partial charge on any atom is -0.480 e. The van der Waals surface area contributed by atoms with E-state index in [9.17, 15) is 19.5 Å². The predicted molar refractivity (Wildman–Crippen MR) is 91.3 cm³/mol. The number of carboxylic acid groups (broad SMARTS) is 1. The third-order valence-corrected chi connectivity index (χ3v) is 2.61. The zero-order valence-corrected chi connectivity index (χ0v) is 16.0. The number of carbonyl (C=O) groups excluding carboxylic acids is 2. The number of amides is 2. The number of imide groups is 1. The first-order valence-corrected chi connectivity index (χ1v) is 7.95. The van der Waals surface area contributed by atoms with Gasteiger partial charge in [0.25, 0.3) is 0 Å². The van der Waals surface area contributed by atoms with Gasteiger partial charge in [-0.05, 0) is 48.5 Å². The summed E-state index contributed by atoms with van der Waals surface area (Å²) in [5.41, 5.74) is -1.87. The minimum absolute atomic E-state index is 0.164. The Labute approximate surface area is 148 Å². The van der Waals surface area contributed by atoms with Gasteiger partial charge in [-0.1, -0.05) is 6.08 Å². The highest BCUT2D eigenvalue weighted by molar-refractivity contribution is 5.94. The SMILES string of the molecule is C=C[C@H](OCC)[C@H](C(=O)O)N(C(=O)OC(C)(C)C)C(=O)OC(C)(C)C. The third-order valence-electron chi connectivity index (χ3n) is 2.61. The molecule has 25 heavy (non-hydrogen) atoms. The van der Waals surface area contributed by atoms with E-state index in [1.165, 1.54) is 6.08 Å². The largest absolute Gasteiger partial charge is 0.480 e. The molecule has 0 bridgehead atoms. The Bertz CT molecular complexity index is 474. The lowest BCUT2D eigenvalue weighted by atomic mass is 10.1. The van der Waals surface area contributed by atoms with Crippen LogP contribution >= 0.6 is 0 Å². The molecule has 0 spiro atoms. The molecular weight excluding hydrogens is 330 g/mol. The van der Waals surface area contributed by atoms with Crippen LogP contribution in [0.5, 0.6) is 0 Å². The smallest absolute Gasteiger partial charge is 0.420 e. The summed E-state index contributed by atoms with van der Waals surface area (Å²) in [7, 11) is 0. The molecule has 0 fully saturated rings. The van der Waals surface area contributed by atoms with Crippen molar-refractivity contribution in [1.82, 2.24) is 4.90 Å². The van der Waals surface area contributed by atoms with E-state index < -0.39 is 41.5 Å². The molecule has 0 aliphatic heterocycles. The normalized spacial score (nSPS) is 14.2. The molecule has 0 radical (unpaired) electrons. The van der Waals surface area contributed by atoms with E-state index in [1.807, 2.05) is 0 Å². The Morgan fingerprint density at radius 1 is 1.04 bits per heavy atom. The highest BCUT2D eigenvalue weighted by Crippen LogP contribution is 2.20. The van der Waals surface area contributed by atoms with E-state index in [1.54, 1.807) is 48.5 Å². The molecule has 8 nitrogen and oxygen atoms in total. The van der Waals surface area contributed by atoms with Crippen molar-refractivity contribution in [2.45, 2.75) is 71.8 Å². The molecule has 0 aromatic heterocycles. The van der Waals surface area contributed by atoms with Gasteiger partial charge in [0.15, 0.2) is 6.04 Å². The quantitative estimate of drug-likeness (QED) is 0.726. The highest BCUT2D eigenvalue weighted by Gasteiger charge is 2.44. The average Bonchev–Trinajstić information content (AvgIpc) is 2.37. The number of hydrogen-bond donors (Lipinski definition) is 1. The summed E-state index contributed by atoms with van der Waals surface area (Å²) in [6.07, 6.45) is -2.19. The van der Waals surface area contributed by atoms with Crippen molar-refractivity contribution >= 4 is 18.2 Å². The lowest BCUT2D eigenvalue weighted by molar-refractivity contribution is -0.147. The molecule has 0 unspecified atom stereocenters. The van der Waals surface area contributed by atoms with Crippen molar-refractivity contribution in [2.24, 2.45) is 0 Å². The van der Waals surface area contributed by atoms with Crippen LogP contribution < -0.4 is 0 Å². The Morgan fingerprint density at radius 2 is 1.44 bits per heavy atom. The lowest BCUT2D eigenvalue weighted by Gasteiger charge is -2.33. The molecule has 0 heterocycles. The number of rotatable bonds is 6. The lowest BCUT2D eigenvalue weighted by Crippen LogP contribution is -2.56. The van der Waals surface area contributed by atoms with Crippen LogP contribution in [-0.2, 0) is 19.0 Å². The molecule has 0 aromatic rings. The minimum atomic E-state index is -1.68. The monoisotopic (exact) mass is 359 g/mol. The molecule has 2 amide bonds. The number of nitrogens with zero attached hydrogens (tertiary/aromatic N) is 1. The van der Waals surface area contributed by atoms with Gasteiger partial charge in [-0.2, -0.15) is 4.90 Å². The zero-order valence-electron chi connectivity index (χ0n) is 16.0. The molecule has 0 rings (SSSR count). The van der Waals surface area contributed by atoms with Crippen LogP contribution in [0.15, 0.2) is 12.7 Å². The maximum Gasteiger partial charge on any atom is 0.420 e. The number of ether oxygens (including phenoxy) is 3. The topological polar surface area (TPSA) is 102 Å². The van der Waals surface area contributed by atoms with E-state index in [0.29, 0.717) is 4.90 Å². The Kier molecular flexibility index (Phi) is 8.11. The van der Waals surface area contributed by atoms with Crippen molar-refractivity contribution in [2.75, 3.05) is 6.61 Å². The molecule has 0 saturated carbocycles. The molecule has 0 aliphatic carbocycles. The van der Waals surface area contributed by atoms with Crippen molar-refractivity contribution in [3.63, 3.8) is 0 Å². The van der Waals surface area contributed by atoms with Crippen LogP contribution in [0, 0.1) is 0 Å². The van der Waals surface area contributed by atoms with E-state index >= 15 is 0 Å². The number of carboxylic acids is 1. The first-order chi connectivity index (χ1) is 11.2. The van der Waals surface area contributed by atoms with Gasteiger partial charge in [0.1, 0.15) is 17.3 Å². The molecular formula is C17H29NO7. The first kappa shape index (κ1) is 22.9. The molecule has 0 aromatic carbocycles. The second-order valence-corrected chi connectivity index (χ2v) is 7.27. The third kappa shape index (κ3) is 8.02. The van der Waals surface area contributed by atoms with Crippen LogP contribution in [0.4, 0.5) is 9.59 Å². The molecule has 0 saturated heterocycles. The summed E-state index contributed by atoms with van der Waals surface area (Å²) >= 11 is 0. The standard InChI is InChI=1S/C17H29NO7/c1-9-11(23-10-2)12(13(19)20)18(14(21)24-16(3,4)5)15(22)25-17(6,7)8/h9,11-12H,1,10H2,2-8H3,(H,19,20)/t11-,12+/m0/s1. The Morgan fingerprint density at radius 3 is 1.68 bits per heavy atom. The Balaban J connectivity index is 5.95. The maximum atomic E-state index is 12.5. The van der Waals surface area contributed by atoms with Crippen LogP contribution in [0.1, 0.15) is 48.5 Å². The second kappa shape index (κ2) is 8.84. The fraction of sp³-hybridized carbons (Fsp3) is 0.706. The number of carbonyl (C=O) groups is 3. The summed E-state index contributed by atoms with van der Waals surface area (Å²) in [6, 6.07) is -1.68. The molecule has 0 aliphatic rings. The van der Waals surface area contributed by atoms with Gasteiger partial charge in [-0.15, -0.1) is 6.58 Å². The zero-order chi connectivity index (χ0) is 20.0. The fourth-order valence-electron chi connectivity index (χ4n) is 1.80. The molecule has 1 N–H and O–H groups in total. The fourth-order valence-corrected chi connectivity index (χ4v) is 1.80. The van der Waals surface area contributed by atoms with Gasteiger partial charge < -0.3 is 19.3 Å². The van der Waals surface area contributed by atoms with Crippen molar-refractivity contribution < 1.29 is 33.7 Å². The summed E-state index contributed by atoms with van der Waals surface area (Å²) < 4.78 is 15.6. The Hall–Kier alpha value is -2.09. The van der Waals surface area contributed by atoms with Gasteiger partial charge in [-0.25, -0.2) is 14.4 Å². The van der Waals surface area contributed by atoms with Gasteiger partial charge in [0, 0.05) is 6.61 Å². The molecule has 2 atom stereocenters. The number of hydrogen-bond acceptors (Lipinski definition) is 6. The average molecular weight is 359 g/mol. The molecule has 144 valence electrons. The highest BCUT2D eigenvalue weighted by atomic mass is 16.6. The van der Waals surface area contributed by atoms with E-state index in [2.05, 4.69) is 6.58 Å². The van der Waals surface area contributed by atoms with E-state index in [4.69, 9.17) is 14.2 Å². The second-order valence-electron chi connectivity index (χ2n) is 7.27. The summed E-state index contributed by atoms with van der Waals surface area (Å²) in [6.45, 7) is 14.9. The van der Waals surface area contributed by atoms with Gasteiger partial charge in [0.05, 0.1) is 0 Å². The summed E-state index contributed by atoms with van der Waals surface area (Å²) in [5.74, 6) is -1.45. The summed E-state index contributed by atoms with van der Waals surface area (Å²) in [4.78, 5) is 37.2. The first-order valence-electron chi connectivity index (χ1n) is 7.95. The number of aliphatic carboxylic acids is 1. The maximum absolute atomic E-state index is 12.5. The molecule has 8 heteroatoms. The van der Waals surface area contributed by atoms with Gasteiger partial charge in [0.2, 0.25) is 0 Å². The van der Waals surface area contributed by atoms with Crippen LogP contribution in [-0.4, -0.2) is 58.1 Å². The van der Waals surface area contributed by atoms with Crippen LogP contribution in [0.3, 0.4) is 0 Å². The van der Waals surface area contributed by atoms with Gasteiger partial charge >= 0.3 is 18.2 Å². The predicted octanol–water partition coefficient (Wildman–Crippen LogP) is 3.20. The van der Waals surface area contributed by atoms with Crippen molar-refractivity contribution in [1.29, 1.82) is 0 Å². The van der Waals surface area contributed by atoms with Gasteiger partial charge in [-0.3, -0.25) is 0 Å². The van der Waals surface area contributed by atoms with E-state index in [-0.39, 0.29) is 6.61 Å². The van der Waals surface area contributed by atoms with Crippen molar-refractivity contribution in [3.8, 4) is 0 Å². The summed E-state index contributed by atoms with van der Waals surface area (Å²) in [5, 5.41) is 9.58. The van der Waals surface area contributed by atoms with E-state index in [0.717, 1.165) is 0 Å². The van der Waals surface area contributed by atoms with Crippen LogP contribution in [0.25, 0.3) is 0 Å².